The predicted octanol–water partition coefficient (Wildman–Crippen LogP) is 2.01. The molecular weight excluding hydrogens is 320 g/mol. The molecule has 7 heteroatoms. The van der Waals surface area contributed by atoms with Gasteiger partial charge in [-0.25, -0.2) is 9.97 Å². The van der Waals surface area contributed by atoms with Gasteiger partial charge >= 0.3 is 0 Å². The van der Waals surface area contributed by atoms with E-state index in [1.807, 2.05) is 24.3 Å². The third-order valence-electron chi connectivity index (χ3n) is 4.06. The first kappa shape index (κ1) is 17.2. The van der Waals surface area contributed by atoms with Gasteiger partial charge in [-0.15, -0.1) is 0 Å². The minimum atomic E-state index is -0.188. The number of hydrogen-bond donors (Lipinski definition) is 2. The molecule has 132 valence electrons. The van der Waals surface area contributed by atoms with Crippen molar-refractivity contribution in [3.8, 4) is 5.75 Å². The quantitative estimate of drug-likeness (QED) is 0.801. The molecule has 2 aromatic rings. The fourth-order valence-electron chi connectivity index (χ4n) is 2.67. The molecule has 3 rings (SSSR count). The average molecular weight is 342 g/mol. The summed E-state index contributed by atoms with van der Waals surface area (Å²) in [6, 6.07) is 7.74. The van der Waals surface area contributed by atoms with Gasteiger partial charge in [-0.2, -0.15) is 0 Å². The Hall–Kier alpha value is -2.67. The summed E-state index contributed by atoms with van der Waals surface area (Å²) >= 11 is 0. The van der Waals surface area contributed by atoms with E-state index in [9.17, 15) is 4.79 Å². The minimum Gasteiger partial charge on any atom is -0.496 e. The van der Waals surface area contributed by atoms with Gasteiger partial charge in [0.25, 0.3) is 5.91 Å². The minimum absolute atomic E-state index is 0.117. The van der Waals surface area contributed by atoms with Crippen LogP contribution in [0.25, 0.3) is 0 Å². The van der Waals surface area contributed by atoms with E-state index in [1.54, 1.807) is 7.11 Å². The highest BCUT2D eigenvalue weighted by Crippen LogP contribution is 2.18. The van der Waals surface area contributed by atoms with Crippen LogP contribution in [0.4, 0.5) is 5.95 Å². The summed E-state index contributed by atoms with van der Waals surface area (Å²) in [5.41, 5.74) is 1.44. The number of carbonyl (C=O) groups is 1. The molecule has 0 saturated carbocycles. The Kier molecular flexibility index (Phi) is 5.79. The van der Waals surface area contributed by atoms with Crippen molar-refractivity contribution in [3.05, 3.63) is 47.8 Å². The molecule has 1 aliphatic rings. The summed E-state index contributed by atoms with van der Waals surface area (Å²) < 4.78 is 10.8. The first-order valence-corrected chi connectivity index (χ1v) is 8.34. The van der Waals surface area contributed by atoms with Gasteiger partial charge in [0.05, 0.1) is 18.8 Å². The third-order valence-corrected chi connectivity index (χ3v) is 4.06. The van der Waals surface area contributed by atoms with E-state index >= 15 is 0 Å². The van der Waals surface area contributed by atoms with E-state index in [0.29, 0.717) is 24.6 Å². The van der Waals surface area contributed by atoms with Crippen LogP contribution in [0.1, 0.15) is 28.8 Å². The van der Waals surface area contributed by atoms with Gasteiger partial charge in [-0.1, -0.05) is 18.2 Å². The number of nitrogens with one attached hydrogen (secondary N) is 2. The van der Waals surface area contributed by atoms with Crippen molar-refractivity contribution in [2.75, 3.05) is 25.6 Å². The zero-order chi connectivity index (χ0) is 17.5. The van der Waals surface area contributed by atoms with Crippen molar-refractivity contribution >= 4 is 11.9 Å². The van der Waals surface area contributed by atoms with Gasteiger partial charge in [0, 0.05) is 37.7 Å². The van der Waals surface area contributed by atoms with Gasteiger partial charge in [-0.3, -0.25) is 4.79 Å². The zero-order valence-corrected chi connectivity index (χ0v) is 14.2. The standard InChI is InChI=1S/C18H22N4O3/c1-24-16-7-3-2-5-13(16)9-20-18-21-10-14(11-22-18)17(23)19-12-15-6-4-8-25-15/h2-3,5,7,10-11,15H,4,6,8-9,12H2,1H3,(H,19,23)(H,20,21,22). The lowest BCUT2D eigenvalue weighted by molar-refractivity contribution is 0.0857. The molecular formula is C18H22N4O3. The topological polar surface area (TPSA) is 85.4 Å². The second kappa shape index (κ2) is 8.43. The molecule has 1 aliphatic heterocycles. The second-order valence-electron chi connectivity index (χ2n) is 5.81. The van der Waals surface area contributed by atoms with Crippen LogP contribution in [0.3, 0.4) is 0 Å². The van der Waals surface area contributed by atoms with E-state index in [2.05, 4.69) is 20.6 Å². The van der Waals surface area contributed by atoms with Crippen LogP contribution in [-0.4, -0.2) is 42.2 Å². The molecule has 0 spiro atoms. The Labute approximate surface area is 146 Å². The maximum absolute atomic E-state index is 12.1. The van der Waals surface area contributed by atoms with E-state index in [-0.39, 0.29) is 12.0 Å². The smallest absolute Gasteiger partial charge is 0.254 e. The summed E-state index contributed by atoms with van der Waals surface area (Å²) in [5.74, 6) is 1.08. The van der Waals surface area contributed by atoms with E-state index in [4.69, 9.17) is 9.47 Å². The number of carbonyl (C=O) groups excluding carboxylic acids is 1. The van der Waals surface area contributed by atoms with Crippen LogP contribution in [0.5, 0.6) is 5.75 Å². The lowest BCUT2D eigenvalue weighted by Gasteiger charge is -2.11. The molecule has 2 heterocycles. The van der Waals surface area contributed by atoms with Crippen molar-refractivity contribution in [2.45, 2.75) is 25.5 Å². The van der Waals surface area contributed by atoms with Crippen molar-refractivity contribution in [3.63, 3.8) is 0 Å². The summed E-state index contributed by atoms with van der Waals surface area (Å²) in [6.07, 6.45) is 5.19. The average Bonchev–Trinajstić information content (AvgIpc) is 3.18. The molecule has 1 saturated heterocycles. The Morgan fingerprint density at radius 1 is 1.32 bits per heavy atom. The Morgan fingerprint density at radius 2 is 2.12 bits per heavy atom. The summed E-state index contributed by atoms with van der Waals surface area (Å²) in [5, 5.41) is 5.98. The number of para-hydroxylation sites is 1. The number of amides is 1. The van der Waals surface area contributed by atoms with Crippen LogP contribution in [-0.2, 0) is 11.3 Å². The molecule has 1 aromatic heterocycles. The Bertz CT molecular complexity index is 700. The van der Waals surface area contributed by atoms with Gasteiger partial charge in [0.1, 0.15) is 5.75 Å². The third kappa shape index (κ3) is 4.67. The molecule has 1 atom stereocenters. The van der Waals surface area contributed by atoms with E-state index in [1.165, 1.54) is 12.4 Å². The molecule has 0 radical (unpaired) electrons. The van der Waals surface area contributed by atoms with Crippen LogP contribution < -0.4 is 15.4 Å². The highest BCUT2D eigenvalue weighted by atomic mass is 16.5. The molecule has 1 unspecified atom stereocenters. The van der Waals surface area contributed by atoms with Crippen LogP contribution in [0, 0.1) is 0 Å². The number of aromatic nitrogens is 2. The van der Waals surface area contributed by atoms with Crippen LogP contribution in [0.15, 0.2) is 36.7 Å². The van der Waals surface area contributed by atoms with Gasteiger partial charge in [-0.05, 0) is 18.9 Å². The normalized spacial score (nSPS) is 16.4. The maximum atomic E-state index is 12.1. The van der Waals surface area contributed by atoms with Crippen molar-refractivity contribution in [1.82, 2.24) is 15.3 Å². The number of methoxy groups -OCH3 is 1. The van der Waals surface area contributed by atoms with Crippen molar-refractivity contribution in [2.24, 2.45) is 0 Å². The first-order valence-electron chi connectivity index (χ1n) is 8.34. The molecule has 2 N–H and O–H groups in total. The largest absolute Gasteiger partial charge is 0.496 e. The van der Waals surface area contributed by atoms with Gasteiger partial charge in [0.15, 0.2) is 0 Å². The van der Waals surface area contributed by atoms with Crippen molar-refractivity contribution < 1.29 is 14.3 Å². The SMILES string of the molecule is COc1ccccc1CNc1ncc(C(=O)NCC2CCCO2)cn1. The van der Waals surface area contributed by atoms with Gasteiger partial charge < -0.3 is 20.1 Å². The first-order chi connectivity index (χ1) is 12.3. The zero-order valence-electron chi connectivity index (χ0n) is 14.2. The highest BCUT2D eigenvalue weighted by Gasteiger charge is 2.17. The number of hydrogen-bond acceptors (Lipinski definition) is 6. The molecule has 1 aromatic carbocycles. The molecule has 0 bridgehead atoms. The predicted molar refractivity (Wildman–Crippen MR) is 93.7 cm³/mol. The lowest BCUT2D eigenvalue weighted by atomic mass is 10.2. The number of ether oxygens (including phenoxy) is 2. The van der Waals surface area contributed by atoms with Crippen LogP contribution >= 0.6 is 0 Å². The summed E-state index contributed by atoms with van der Waals surface area (Å²) in [7, 11) is 1.64. The monoisotopic (exact) mass is 342 g/mol. The van der Waals surface area contributed by atoms with E-state index in [0.717, 1.165) is 30.8 Å². The molecule has 0 aliphatic carbocycles. The van der Waals surface area contributed by atoms with Crippen LogP contribution in [0.2, 0.25) is 0 Å². The molecule has 25 heavy (non-hydrogen) atoms. The van der Waals surface area contributed by atoms with E-state index < -0.39 is 0 Å². The fraction of sp³-hybridized carbons (Fsp3) is 0.389. The fourth-order valence-corrected chi connectivity index (χ4v) is 2.67. The number of anilines is 1. The number of nitrogens with zero attached hydrogens (tertiary/aromatic N) is 2. The second-order valence-corrected chi connectivity index (χ2v) is 5.81. The molecule has 1 amide bonds. The maximum Gasteiger partial charge on any atom is 0.254 e. The highest BCUT2D eigenvalue weighted by molar-refractivity contribution is 5.93. The lowest BCUT2D eigenvalue weighted by Crippen LogP contribution is -2.31. The molecule has 1 fully saturated rings. The number of benzene rings is 1. The van der Waals surface area contributed by atoms with Gasteiger partial charge in [0.2, 0.25) is 5.95 Å². The van der Waals surface area contributed by atoms with Crippen molar-refractivity contribution in [1.29, 1.82) is 0 Å². The number of rotatable bonds is 7. The summed E-state index contributed by atoms with van der Waals surface area (Å²) in [6.45, 7) is 1.83. The molecule has 7 nitrogen and oxygen atoms in total. The Balaban J connectivity index is 1.52. The Morgan fingerprint density at radius 3 is 2.84 bits per heavy atom. The summed E-state index contributed by atoms with van der Waals surface area (Å²) in [4.78, 5) is 20.5.